The van der Waals surface area contributed by atoms with Crippen LogP contribution >= 0.6 is 0 Å². The van der Waals surface area contributed by atoms with E-state index < -0.39 is 0 Å². The van der Waals surface area contributed by atoms with Crippen LogP contribution in [0.4, 0.5) is 0 Å². The van der Waals surface area contributed by atoms with Gasteiger partial charge in [-0.3, -0.25) is 14.7 Å². The summed E-state index contributed by atoms with van der Waals surface area (Å²) in [5, 5.41) is 3.21. The predicted molar refractivity (Wildman–Crippen MR) is 120 cm³/mol. The highest BCUT2D eigenvalue weighted by molar-refractivity contribution is 5.79. The Morgan fingerprint density at radius 1 is 1.03 bits per heavy atom. The normalized spacial score (nSPS) is 16.4. The van der Waals surface area contributed by atoms with Crippen molar-refractivity contribution < 1.29 is 4.79 Å². The van der Waals surface area contributed by atoms with E-state index in [9.17, 15) is 9.59 Å². The first-order chi connectivity index (χ1) is 15.0. The van der Waals surface area contributed by atoms with Crippen LogP contribution in [0.5, 0.6) is 0 Å². The summed E-state index contributed by atoms with van der Waals surface area (Å²) < 4.78 is 1.50. The first-order valence-electron chi connectivity index (χ1n) is 10.5. The molecule has 0 unspecified atom stereocenters. The molecule has 5 rings (SSSR count). The van der Waals surface area contributed by atoms with Gasteiger partial charge in [0.2, 0.25) is 5.91 Å². The molecule has 1 N–H and O–H groups in total. The number of aromatic amines is 1. The highest BCUT2D eigenvalue weighted by Gasteiger charge is 2.32. The van der Waals surface area contributed by atoms with Crippen LogP contribution in [-0.4, -0.2) is 31.9 Å². The largest absolute Gasteiger partial charge is 0.338 e. The number of carbonyl (C=O) groups excluding carboxylic acids is 1. The first kappa shape index (κ1) is 19.3. The minimum Gasteiger partial charge on any atom is -0.338 e. The summed E-state index contributed by atoms with van der Waals surface area (Å²) in [6.45, 7) is 5.17. The Hall–Kier alpha value is -3.67. The molecule has 6 heteroatoms. The third kappa shape index (κ3) is 3.54. The van der Waals surface area contributed by atoms with Crippen molar-refractivity contribution in [1.29, 1.82) is 0 Å². The quantitative estimate of drug-likeness (QED) is 0.554. The Bertz CT molecular complexity index is 1340. The summed E-state index contributed by atoms with van der Waals surface area (Å²) in [4.78, 5) is 32.1. The number of aryl methyl sites for hydroxylation is 2. The molecular formula is C25H24N4O2. The molecule has 6 nitrogen and oxygen atoms in total. The van der Waals surface area contributed by atoms with Crippen LogP contribution in [0.25, 0.3) is 16.9 Å². The molecule has 2 aromatic carbocycles. The van der Waals surface area contributed by atoms with Crippen molar-refractivity contribution >= 4 is 11.6 Å². The van der Waals surface area contributed by atoms with E-state index >= 15 is 0 Å². The Balaban J connectivity index is 1.48. The molecule has 156 valence electrons. The second-order valence-corrected chi connectivity index (χ2v) is 8.32. The van der Waals surface area contributed by atoms with Gasteiger partial charge in [0.1, 0.15) is 0 Å². The summed E-state index contributed by atoms with van der Waals surface area (Å²) in [6, 6.07) is 19.7. The number of rotatable bonds is 4. The predicted octanol–water partition coefficient (Wildman–Crippen LogP) is 3.82. The van der Waals surface area contributed by atoms with Crippen LogP contribution in [0.2, 0.25) is 0 Å². The van der Waals surface area contributed by atoms with E-state index in [0.717, 1.165) is 27.9 Å². The van der Waals surface area contributed by atoms with Crippen LogP contribution in [0, 0.1) is 13.8 Å². The summed E-state index contributed by atoms with van der Waals surface area (Å²) in [5.41, 5.74) is 6.24. The fourth-order valence-electron chi connectivity index (χ4n) is 4.38. The standard InChI is InChI=1S/C25H24N4O2/c1-16-7-6-10-19(11-16)24-17(2)25-26-21(13-23(31)29(25)27-24)20-12-22(30)28(15-20)14-18-8-4-3-5-9-18/h3-11,13,20,27H,12,14-15H2,1-2H3/t20-/m1/s1. The lowest BCUT2D eigenvalue weighted by atomic mass is 10.0. The molecule has 1 aliphatic rings. The molecule has 1 fully saturated rings. The smallest absolute Gasteiger partial charge is 0.272 e. The molecule has 1 saturated heterocycles. The van der Waals surface area contributed by atoms with Crippen molar-refractivity contribution in [2.75, 3.05) is 6.54 Å². The minimum atomic E-state index is -0.157. The summed E-state index contributed by atoms with van der Waals surface area (Å²) in [7, 11) is 0. The highest BCUT2D eigenvalue weighted by atomic mass is 16.2. The van der Waals surface area contributed by atoms with Gasteiger partial charge in [-0.05, 0) is 25.5 Å². The number of amides is 1. The first-order valence-corrected chi connectivity index (χ1v) is 10.5. The van der Waals surface area contributed by atoms with Crippen molar-refractivity contribution in [3.05, 3.63) is 93.4 Å². The fraction of sp³-hybridized carbons (Fsp3) is 0.240. The molecule has 2 aromatic heterocycles. The zero-order valence-corrected chi connectivity index (χ0v) is 17.6. The molecule has 0 radical (unpaired) electrons. The van der Waals surface area contributed by atoms with Gasteiger partial charge in [-0.2, -0.15) is 0 Å². The van der Waals surface area contributed by atoms with Crippen LogP contribution in [0.15, 0.2) is 65.5 Å². The Morgan fingerprint density at radius 2 is 1.84 bits per heavy atom. The van der Waals surface area contributed by atoms with Gasteiger partial charge in [-0.1, -0.05) is 54.1 Å². The Labute approximate surface area is 180 Å². The van der Waals surface area contributed by atoms with Gasteiger partial charge < -0.3 is 4.90 Å². The zero-order valence-electron chi connectivity index (χ0n) is 17.6. The molecule has 1 aliphatic heterocycles. The Kier molecular flexibility index (Phi) is 4.70. The van der Waals surface area contributed by atoms with Crippen LogP contribution < -0.4 is 5.56 Å². The van der Waals surface area contributed by atoms with Crippen molar-refractivity contribution in [3.63, 3.8) is 0 Å². The van der Waals surface area contributed by atoms with Crippen LogP contribution in [0.1, 0.15) is 34.7 Å². The van der Waals surface area contributed by atoms with E-state index in [4.69, 9.17) is 4.98 Å². The number of benzene rings is 2. The molecule has 0 spiro atoms. The lowest BCUT2D eigenvalue weighted by Gasteiger charge is -2.16. The maximum absolute atomic E-state index is 12.9. The number of hydrogen-bond donors (Lipinski definition) is 1. The van der Waals surface area contributed by atoms with Crippen molar-refractivity contribution in [1.82, 2.24) is 19.5 Å². The molecule has 1 atom stereocenters. The van der Waals surface area contributed by atoms with Gasteiger partial charge in [0.15, 0.2) is 5.65 Å². The average molecular weight is 412 g/mol. The number of fused-ring (bicyclic) bond motifs is 1. The molecule has 3 heterocycles. The van der Waals surface area contributed by atoms with Gasteiger partial charge in [0.05, 0.1) is 11.4 Å². The van der Waals surface area contributed by atoms with Crippen molar-refractivity contribution in [3.8, 4) is 11.3 Å². The van der Waals surface area contributed by atoms with Crippen LogP contribution in [-0.2, 0) is 11.3 Å². The molecule has 1 amide bonds. The number of likely N-dealkylation sites (tertiary alicyclic amines) is 1. The van der Waals surface area contributed by atoms with E-state index in [0.29, 0.717) is 30.9 Å². The van der Waals surface area contributed by atoms with Gasteiger partial charge in [0, 0.05) is 42.6 Å². The lowest BCUT2D eigenvalue weighted by molar-refractivity contribution is -0.128. The maximum Gasteiger partial charge on any atom is 0.272 e. The van der Waals surface area contributed by atoms with E-state index in [1.807, 2.05) is 67.3 Å². The number of H-pyrrole nitrogens is 1. The third-order valence-corrected chi connectivity index (χ3v) is 6.03. The number of nitrogens with one attached hydrogen (secondary N) is 1. The Morgan fingerprint density at radius 3 is 2.61 bits per heavy atom. The molecule has 4 aromatic rings. The second kappa shape index (κ2) is 7.54. The zero-order chi connectivity index (χ0) is 21.5. The highest BCUT2D eigenvalue weighted by Crippen LogP contribution is 2.29. The number of carbonyl (C=O) groups is 1. The monoisotopic (exact) mass is 412 g/mol. The van der Waals surface area contributed by atoms with Gasteiger partial charge in [0.25, 0.3) is 5.56 Å². The van der Waals surface area contributed by atoms with Crippen molar-refractivity contribution in [2.45, 2.75) is 32.7 Å². The van der Waals surface area contributed by atoms with E-state index in [1.165, 1.54) is 4.52 Å². The van der Waals surface area contributed by atoms with Crippen molar-refractivity contribution in [2.24, 2.45) is 0 Å². The molecular weight excluding hydrogens is 388 g/mol. The SMILES string of the molecule is Cc1cccc(-c2[nH]n3c(=O)cc([C@@H]4CC(=O)N(Cc5ccccc5)C4)nc3c2C)c1. The summed E-state index contributed by atoms with van der Waals surface area (Å²) in [6.07, 6.45) is 0.379. The number of aromatic nitrogens is 3. The van der Waals surface area contributed by atoms with E-state index in [1.54, 1.807) is 6.07 Å². The van der Waals surface area contributed by atoms with E-state index in [2.05, 4.69) is 11.2 Å². The number of nitrogens with zero attached hydrogens (tertiary/aromatic N) is 3. The summed E-state index contributed by atoms with van der Waals surface area (Å²) >= 11 is 0. The van der Waals surface area contributed by atoms with E-state index in [-0.39, 0.29) is 17.4 Å². The maximum atomic E-state index is 12.9. The summed E-state index contributed by atoms with van der Waals surface area (Å²) in [5.74, 6) is 0.0210. The molecule has 0 bridgehead atoms. The lowest BCUT2D eigenvalue weighted by Crippen LogP contribution is -2.24. The molecule has 0 aliphatic carbocycles. The van der Waals surface area contributed by atoms with Crippen LogP contribution in [0.3, 0.4) is 0 Å². The van der Waals surface area contributed by atoms with Gasteiger partial charge in [-0.15, -0.1) is 0 Å². The van der Waals surface area contributed by atoms with Gasteiger partial charge in [-0.25, -0.2) is 9.50 Å². The average Bonchev–Trinajstić information content (AvgIpc) is 3.29. The molecule has 31 heavy (non-hydrogen) atoms. The topological polar surface area (TPSA) is 70.5 Å². The molecule has 0 saturated carbocycles. The number of hydrogen-bond acceptors (Lipinski definition) is 3. The third-order valence-electron chi connectivity index (χ3n) is 6.03. The fourth-order valence-corrected chi connectivity index (χ4v) is 4.38. The minimum absolute atomic E-state index is 0.0781. The van der Waals surface area contributed by atoms with Gasteiger partial charge >= 0.3 is 0 Å². The second-order valence-electron chi connectivity index (χ2n) is 8.32.